The summed E-state index contributed by atoms with van der Waals surface area (Å²) in [7, 11) is 0. The minimum atomic E-state index is -4.44. The molecule has 5 aromatic rings. The van der Waals surface area contributed by atoms with Crippen molar-refractivity contribution in [3.05, 3.63) is 138 Å². The maximum atomic E-state index is 13.2. The first-order chi connectivity index (χ1) is 18.8. The van der Waals surface area contributed by atoms with E-state index in [0.29, 0.717) is 34.5 Å². The Labute approximate surface area is 223 Å². The molecule has 0 saturated heterocycles. The number of carbonyl (C=O) groups is 2. The summed E-state index contributed by atoms with van der Waals surface area (Å²) in [5.74, 6) is -0.733. The molecule has 0 aliphatic carbocycles. The largest absolute Gasteiger partial charge is 0.416 e. The number of rotatable bonds is 6. The molecule has 0 atom stereocenters. The molecule has 0 aromatic heterocycles. The fourth-order valence-corrected chi connectivity index (χ4v) is 4.43. The molecule has 194 valence electrons. The van der Waals surface area contributed by atoms with Crippen molar-refractivity contribution in [3.63, 3.8) is 0 Å². The zero-order valence-electron chi connectivity index (χ0n) is 20.6. The Hall–Kier alpha value is -4.91. The second-order valence-electron chi connectivity index (χ2n) is 8.98. The highest BCUT2D eigenvalue weighted by Crippen LogP contribution is 2.32. The number of anilines is 1. The van der Waals surface area contributed by atoms with E-state index in [1.54, 1.807) is 48.5 Å². The van der Waals surface area contributed by atoms with E-state index in [1.165, 1.54) is 12.1 Å². The highest BCUT2D eigenvalue weighted by Gasteiger charge is 2.30. The SMILES string of the molecule is O=C(NCc1cccc2ccccc12)c1cccc(NC(=O)c2ccccc2-c2ccc(C(F)(F)F)cc2)c1. The number of alkyl halides is 3. The number of hydrogen-bond acceptors (Lipinski definition) is 2. The van der Waals surface area contributed by atoms with Crippen molar-refractivity contribution in [2.45, 2.75) is 12.7 Å². The predicted molar refractivity (Wildman–Crippen MR) is 146 cm³/mol. The lowest BCUT2D eigenvalue weighted by Crippen LogP contribution is -2.23. The number of carbonyl (C=O) groups excluding carboxylic acids is 2. The summed E-state index contributed by atoms with van der Waals surface area (Å²) in [6, 6.07) is 31.8. The van der Waals surface area contributed by atoms with Gasteiger partial charge in [0.25, 0.3) is 11.8 Å². The molecule has 2 N–H and O–H groups in total. The number of amides is 2. The van der Waals surface area contributed by atoms with Crippen molar-refractivity contribution in [2.75, 3.05) is 5.32 Å². The molecule has 0 unspecified atom stereocenters. The second kappa shape index (κ2) is 10.8. The quantitative estimate of drug-likeness (QED) is 0.239. The van der Waals surface area contributed by atoms with Crippen molar-refractivity contribution >= 4 is 28.3 Å². The molecule has 0 radical (unpaired) electrons. The van der Waals surface area contributed by atoms with E-state index in [0.717, 1.165) is 28.5 Å². The first-order valence-electron chi connectivity index (χ1n) is 12.2. The lowest BCUT2D eigenvalue weighted by atomic mass is 9.98. The molecular weight excluding hydrogens is 501 g/mol. The van der Waals surface area contributed by atoms with Crippen LogP contribution in [0.5, 0.6) is 0 Å². The number of nitrogens with one attached hydrogen (secondary N) is 2. The first-order valence-corrected chi connectivity index (χ1v) is 12.2. The van der Waals surface area contributed by atoms with Gasteiger partial charge in [-0.05, 0) is 63.9 Å². The van der Waals surface area contributed by atoms with E-state index in [2.05, 4.69) is 10.6 Å². The Balaban J connectivity index is 1.30. The van der Waals surface area contributed by atoms with Crippen LogP contribution >= 0.6 is 0 Å². The minimum absolute atomic E-state index is 0.288. The molecule has 0 fully saturated rings. The molecule has 5 rings (SSSR count). The normalized spacial score (nSPS) is 11.3. The monoisotopic (exact) mass is 524 g/mol. The summed E-state index contributed by atoms with van der Waals surface area (Å²) < 4.78 is 38.9. The fourth-order valence-electron chi connectivity index (χ4n) is 4.43. The van der Waals surface area contributed by atoms with Gasteiger partial charge < -0.3 is 10.6 Å². The lowest BCUT2D eigenvalue weighted by Gasteiger charge is -2.13. The van der Waals surface area contributed by atoms with Crippen LogP contribution in [0.25, 0.3) is 21.9 Å². The summed E-state index contributed by atoms with van der Waals surface area (Å²) in [4.78, 5) is 26.1. The average molecular weight is 525 g/mol. The maximum Gasteiger partial charge on any atom is 0.416 e. The Bertz CT molecular complexity index is 1660. The molecule has 0 heterocycles. The van der Waals surface area contributed by atoms with Crippen LogP contribution in [0.1, 0.15) is 31.8 Å². The average Bonchev–Trinajstić information content (AvgIpc) is 2.95. The van der Waals surface area contributed by atoms with E-state index in [9.17, 15) is 22.8 Å². The van der Waals surface area contributed by atoms with Gasteiger partial charge in [0.1, 0.15) is 0 Å². The standard InChI is InChI=1S/C32H23F3N2O2/c33-32(34,35)25-17-15-22(16-18-25)28-13-3-4-14-29(28)31(39)37-26-11-6-9-23(19-26)30(38)36-20-24-10-5-8-21-7-1-2-12-27(21)24/h1-19H,20H2,(H,36,38)(H,37,39). The van der Waals surface area contributed by atoms with Crippen LogP contribution in [-0.2, 0) is 12.7 Å². The molecule has 39 heavy (non-hydrogen) atoms. The van der Waals surface area contributed by atoms with Gasteiger partial charge in [-0.2, -0.15) is 13.2 Å². The van der Waals surface area contributed by atoms with Crippen molar-refractivity contribution in [3.8, 4) is 11.1 Å². The summed E-state index contributed by atoms with van der Waals surface area (Å²) in [5, 5.41) is 7.88. The summed E-state index contributed by atoms with van der Waals surface area (Å²) in [5.41, 5.74) is 2.30. The molecule has 0 aliphatic rings. The minimum Gasteiger partial charge on any atom is -0.348 e. The van der Waals surface area contributed by atoms with E-state index in [-0.39, 0.29) is 5.91 Å². The van der Waals surface area contributed by atoms with Gasteiger partial charge in [-0.25, -0.2) is 0 Å². The Kier molecular flexibility index (Phi) is 7.14. The Morgan fingerprint density at radius 2 is 1.38 bits per heavy atom. The number of hydrogen-bond donors (Lipinski definition) is 2. The third-order valence-electron chi connectivity index (χ3n) is 6.40. The topological polar surface area (TPSA) is 58.2 Å². The van der Waals surface area contributed by atoms with Crippen LogP contribution in [-0.4, -0.2) is 11.8 Å². The van der Waals surface area contributed by atoms with Crippen LogP contribution in [0.3, 0.4) is 0 Å². The molecule has 5 aromatic carbocycles. The van der Waals surface area contributed by atoms with Crippen LogP contribution in [0.4, 0.5) is 18.9 Å². The number of fused-ring (bicyclic) bond motifs is 1. The molecule has 0 saturated carbocycles. The smallest absolute Gasteiger partial charge is 0.348 e. The predicted octanol–water partition coefficient (Wildman–Crippen LogP) is 7.71. The van der Waals surface area contributed by atoms with Gasteiger partial charge >= 0.3 is 6.18 Å². The third-order valence-corrected chi connectivity index (χ3v) is 6.40. The molecule has 0 spiro atoms. The number of halogens is 3. The molecule has 0 aliphatic heterocycles. The molecular formula is C32H23F3N2O2. The third kappa shape index (κ3) is 5.83. The Morgan fingerprint density at radius 1 is 0.692 bits per heavy atom. The van der Waals surface area contributed by atoms with Gasteiger partial charge in [0, 0.05) is 23.4 Å². The van der Waals surface area contributed by atoms with Crippen molar-refractivity contribution in [2.24, 2.45) is 0 Å². The Morgan fingerprint density at radius 3 is 2.18 bits per heavy atom. The van der Waals surface area contributed by atoms with E-state index in [1.807, 2.05) is 42.5 Å². The van der Waals surface area contributed by atoms with Gasteiger partial charge in [0.2, 0.25) is 0 Å². The van der Waals surface area contributed by atoms with Crippen molar-refractivity contribution < 1.29 is 22.8 Å². The highest BCUT2D eigenvalue weighted by atomic mass is 19.4. The molecule has 2 amide bonds. The fraction of sp³-hybridized carbons (Fsp3) is 0.0625. The van der Waals surface area contributed by atoms with E-state index < -0.39 is 17.6 Å². The maximum absolute atomic E-state index is 13.2. The number of benzene rings is 5. The van der Waals surface area contributed by atoms with Gasteiger partial charge in [0.05, 0.1) is 5.56 Å². The van der Waals surface area contributed by atoms with Gasteiger partial charge in [0.15, 0.2) is 0 Å². The lowest BCUT2D eigenvalue weighted by molar-refractivity contribution is -0.137. The molecule has 0 bridgehead atoms. The molecule has 4 nitrogen and oxygen atoms in total. The summed E-state index contributed by atoms with van der Waals surface area (Å²) in [6.45, 7) is 0.345. The first kappa shape index (κ1) is 25.7. The van der Waals surface area contributed by atoms with Gasteiger partial charge in [-0.1, -0.05) is 78.9 Å². The zero-order chi connectivity index (χ0) is 27.4. The van der Waals surface area contributed by atoms with Gasteiger partial charge in [-0.15, -0.1) is 0 Å². The van der Waals surface area contributed by atoms with Crippen LogP contribution < -0.4 is 10.6 Å². The van der Waals surface area contributed by atoms with Crippen LogP contribution in [0.2, 0.25) is 0 Å². The molecule has 7 heteroatoms. The highest BCUT2D eigenvalue weighted by molar-refractivity contribution is 6.09. The van der Waals surface area contributed by atoms with Gasteiger partial charge in [-0.3, -0.25) is 9.59 Å². The zero-order valence-corrected chi connectivity index (χ0v) is 20.6. The van der Waals surface area contributed by atoms with Crippen LogP contribution in [0.15, 0.2) is 115 Å². The van der Waals surface area contributed by atoms with Crippen molar-refractivity contribution in [1.82, 2.24) is 5.32 Å². The summed E-state index contributed by atoms with van der Waals surface area (Å²) >= 11 is 0. The van der Waals surface area contributed by atoms with E-state index >= 15 is 0 Å². The second-order valence-corrected chi connectivity index (χ2v) is 8.98. The summed E-state index contributed by atoms with van der Waals surface area (Å²) in [6.07, 6.45) is -4.44. The van der Waals surface area contributed by atoms with E-state index in [4.69, 9.17) is 0 Å². The van der Waals surface area contributed by atoms with Crippen LogP contribution in [0, 0.1) is 0 Å². The van der Waals surface area contributed by atoms with Crippen molar-refractivity contribution in [1.29, 1.82) is 0 Å².